The Morgan fingerprint density at radius 2 is 2.07 bits per heavy atom. The molecule has 1 aromatic heterocycles. The van der Waals surface area contributed by atoms with E-state index in [1.165, 1.54) is 5.56 Å². The van der Waals surface area contributed by atoms with Gasteiger partial charge in [0.2, 0.25) is 0 Å². The Hall–Kier alpha value is -1.76. The predicted octanol–water partition coefficient (Wildman–Crippen LogP) is 3.47. The first kappa shape index (κ1) is 21.5. The van der Waals surface area contributed by atoms with Gasteiger partial charge in [0.25, 0.3) is 0 Å². The number of nitrogens with two attached hydrogens (primary N) is 1. The highest BCUT2D eigenvalue weighted by atomic mass is 35.5. The molecule has 1 aliphatic rings. The molecule has 27 heavy (non-hydrogen) atoms. The molecule has 1 unspecified atom stereocenters. The lowest BCUT2D eigenvalue weighted by Crippen LogP contribution is -2.31. The molecule has 1 fully saturated rings. The molecule has 1 aliphatic heterocycles. The summed E-state index contributed by atoms with van der Waals surface area (Å²) in [6, 6.07) is 6.13. The second-order valence-electron chi connectivity index (χ2n) is 7.55. The molecule has 1 aromatic carbocycles. The molecular weight excluding hydrogens is 366 g/mol. The minimum absolute atomic E-state index is 0. The molecule has 3 rings (SSSR count). The number of likely N-dealkylation sites (tertiary alicyclic amines) is 1. The molecule has 0 bridgehead atoms. The van der Waals surface area contributed by atoms with Crippen LogP contribution in [0, 0.1) is 19.3 Å². The number of nitrogens with zero attached hydrogens (tertiary/aromatic N) is 2. The third-order valence-corrected chi connectivity index (χ3v) is 5.32. The topological polar surface area (TPSA) is 73.8 Å². The number of aromatic nitrogens is 1. The third-order valence-electron chi connectivity index (χ3n) is 5.32. The summed E-state index contributed by atoms with van der Waals surface area (Å²) < 4.78 is 16.7. The lowest BCUT2D eigenvalue weighted by molar-refractivity contribution is 0.271. The van der Waals surface area contributed by atoms with Crippen molar-refractivity contribution >= 4 is 12.4 Å². The molecule has 6 nitrogen and oxygen atoms in total. The van der Waals surface area contributed by atoms with E-state index in [4.69, 9.17) is 19.7 Å². The zero-order valence-corrected chi connectivity index (χ0v) is 17.4. The molecule has 2 N–H and O–H groups in total. The maximum absolute atomic E-state index is 5.95. The van der Waals surface area contributed by atoms with E-state index in [1.54, 1.807) is 7.11 Å². The van der Waals surface area contributed by atoms with E-state index in [0.717, 1.165) is 61.1 Å². The quantitative estimate of drug-likeness (QED) is 0.773. The van der Waals surface area contributed by atoms with Gasteiger partial charge in [0.1, 0.15) is 12.4 Å². The van der Waals surface area contributed by atoms with Crippen LogP contribution in [0.15, 0.2) is 22.7 Å². The van der Waals surface area contributed by atoms with Crippen molar-refractivity contribution in [2.45, 2.75) is 40.3 Å². The fourth-order valence-electron chi connectivity index (χ4n) is 3.47. The van der Waals surface area contributed by atoms with Gasteiger partial charge >= 0.3 is 0 Å². The molecule has 2 heterocycles. The number of hydrogen-bond donors (Lipinski definition) is 1. The minimum atomic E-state index is 0. The molecular formula is C20H30ClN3O3. The van der Waals surface area contributed by atoms with Crippen LogP contribution in [0.25, 0.3) is 0 Å². The number of hydrogen-bond acceptors (Lipinski definition) is 6. The van der Waals surface area contributed by atoms with Crippen LogP contribution in [-0.4, -0.2) is 36.8 Å². The average Bonchev–Trinajstić information content (AvgIpc) is 3.17. The Morgan fingerprint density at radius 1 is 1.30 bits per heavy atom. The number of benzene rings is 1. The van der Waals surface area contributed by atoms with Crippen LogP contribution < -0.4 is 15.2 Å². The number of aryl methyl sites for hydroxylation is 2. The molecule has 0 saturated carbocycles. The van der Waals surface area contributed by atoms with Crippen molar-refractivity contribution < 1.29 is 14.0 Å². The molecule has 150 valence electrons. The smallest absolute Gasteiger partial charge is 0.161 e. The van der Waals surface area contributed by atoms with Crippen LogP contribution in [0.5, 0.6) is 11.5 Å². The molecule has 0 aliphatic carbocycles. The van der Waals surface area contributed by atoms with Gasteiger partial charge in [0, 0.05) is 13.1 Å². The summed E-state index contributed by atoms with van der Waals surface area (Å²) in [4.78, 5) is 2.45. The Bertz CT molecular complexity index is 745. The van der Waals surface area contributed by atoms with Crippen LogP contribution in [-0.2, 0) is 13.2 Å². The highest BCUT2D eigenvalue weighted by molar-refractivity contribution is 5.85. The van der Waals surface area contributed by atoms with Crippen molar-refractivity contribution in [1.29, 1.82) is 0 Å². The minimum Gasteiger partial charge on any atom is -0.493 e. The Morgan fingerprint density at radius 3 is 2.67 bits per heavy atom. The van der Waals surface area contributed by atoms with Crippen molar-refractivity contribution in [3.05, 3.63) is 40.8 Å². The number of rotatable bonds is 7. The van der Waals surface area contributed by atoms with Gasteiger partial charge in [-0.3, -0.25) is 4.90 Å². The molecule has 2 aromatic rings. The molecule has 1 saturated heterocycles. The zero-order chi connectivity index (χ0) is 18.7. The second-order valence-corrected chi connectivity index (χ2v) is 7.55. The molecule has 7 heteroatoms. The lowest BCUT2D eigenvalue weighted by Gasteiger charge is -2.23. The fourth-order valence-corrected chi connectivity index (χ4v) is 3.47. The highest BCUT2D eigenvalue weighted by Crippen LogP contribution is 2.32. The van der Waals surface area contributed by atoms with Crippen molar-refractivity contribution in [2.75, 3.05) is 26.7 Å². The van der Waals surface area contributed by atoms with Crippen LogP contribution in [0.4, 0.5) is 0 Å². The molecule has 1 atom stereocenters. The van der Waals surface area contributed by atoms with Gasteiger partial charge in [0.05, 0.1) is 18.4 Å². The van der Waals surface area contributed by atoms with Gasteiger partial charge in [-0.2, -0.15) is 0 Å². The number of ether oxygens (including phenoxy) is 2. The monoisotopic (exact) mass is 395 g/mol. The standard InChI is InChI=1S/C20H29N3O3.ClH/c1-14-17(15(2)26-22-14)11-25-18-6-5-16(9-19(18)24-4)10-23-8-7-20(3,12-21)13-23;/h5-6,9H,7-8,10-13,21H2,1-4H3;1H. The molecule has 0 radical (unpaired) electrons. The summed E-state index contributed by atoms with van der Waals surface area (Å²) >= 11 is 0. The second kappa shape index (κ2) is 8.95. The van der Waals surface area contributed by atoms with Crippen molar-refractivity contribution in [2.24, 2.45) is 11.1 Å². The summed E-state index contributed by atoms with van der Waals surface area (Å²) in [7, 11) is 1.67. The fraction of sp³-hybridized carbons (Fsp3) is 0.550. The normalized spacial score (nSPS) is 19.7. The SMILES string of the molecule is COc1cc(CN2CCC(C)(CN)C2)ccc1OCc1c(C)noc1C.Cl. The first-order valence-corrected chi connectivity index (χ1v) is 9.08. The molecule has 0 spiro atoms. The van der Waals surface area contributed by atoms with E-state index in [2.05, 4.69) is 29.1 Å². The lowest BCUT2D eigenvalue weighted by atomic mass is 9.90. The summed E-state index contributed by atoms with van der Waals surface area (Å²) in [6.07, 6.45) is 1.15. The van der Waals surface area contributed by atoms with Crippen LogP contribution >= 0.6 is 12.4 Å². The predicted molar refractivity (Wildman–Crippen MR) is 108 cm³/mol. The maximum Gasteiger partial charge on any atom is 0.161 e. The maximum atomic E-state index is 5.95. The van der Waals surface area contributed by atoms with Crippen molar-refractivity contribution in [3.63, 3.8) is 0 Å². The van der Waals surface area contributed by atoms with E-state index in [0.29, 0.717) is 6.61 Å². The van der Waals surface area contributed by atoms with E-state index in [9.17, 15) is 0 Å². The van der Waals surface area contributed by atoms with Gasteiger partial charge < -0.3 is 19.7 Å². The van der Waals surface area contributed by atoms with Gasteiger partial charge in [-0.1, -0.05) is 18.1 Å². The van der Waals surface area contributed by atoms with Crippen LogP contribution in [0.2, 0.25) is 0 Å². The Kier molecular flexibility index (Phi) is 7.14. The van der Waals surface area contributed by atoms with E-state index < -0.39 is 0 Å². The first-order valence-electron chi connectivity index (χ1n) is 9.08. The molecule has 0 amide bonds. The van der Waals surface area contributed by atoms with E-state index >= 15 is 0 Å². The zero-order valence-electron chi connectivity index (χ0n) is 16.6. The Labute approximate surface area is 167 Å². The summed E-state index contributed by atoms with van der Waals surface area (Å²) in [5.74, 6) is 2.26. The van der Waals surface area contributed by atoms with Gasteiger partial charge in [-0.15, -0.1) is 12.4 Å². The van der Waals surface area contributed by atoms with Crippen molar-refractivity contribution in [3.8, 4) is 11.5 Å². The van der Waals surface area contributed by atoms with Crippen molar-refractivity contribution in [1.82, 2.24) is 10.1 Å². The van der Waals surface area contributed by atoms with Crippen LogP contribution in [0.3, 0.4) is 0 Å². The average molecular weight is 396 g/mol. The summed E-state index contributed by atoms with van der Waals surface area (Å²) in [5.41, 5.74) is 9.20. The van der Waals surface area contributed by atoms with Crippen LogP contribution in [0.1, 0.15) is 35.9 Å². The Balaban J connectivity index is 0.00000261. The van der Waals surface area contributed by atoms with Gasteiger partial charge in [0.15, 0.2) is 11.5 Å². The van der Waals surface area contributed by atoms with E-state index in [1.807, 2.05) is 19.9 Å². The summed E-state index contributed by atoms with van der Waals surface area (Å²) in [5, 5.41) is 3.96. The van der Waals surface area contributed by atoms with Gasteiger partial charge in [-0.25, -0.2) is 0 Å². The third kappa shape index (κ3) is 4.94. The summed E-state index contributed by atoms with van der Waals surface area (Å²) in [6.45, 7) is 10.2. The first-order chi connectivity index (χ1) is 12.4. The largest absolute Gasteiger partial charge is 0.493 e. The van der Waals surface area contributed by atoms with E-state index in [-0.39, 0.29) is 17.8 Å². The highest BCUT2D eigenvalue weighted by Gasteiger charge is 2.32. The van der Waals surface area contributed by atoms with Gasteiger partial charge in [-0.05, 0) is 56.5 Å². The number of methoxy groups -OCH3 is 1. The number of halogens is 1.